The first-order valence-electron chi connectivity index (χ1n) is 6.85. The number of benzene rings is 1. The molecule has 104 valence electrons. The number of piperidine rings is 1. The Hall–Kier alpha value is -1.55. The summed E-state index contributed by atoms with van der Waals surface area (Å²) in [6.07, 6.45) is 1.63. The molecule has 1 saturated heterocycles. The lowest BCUT2D eigenvalue weighted by Crippen LogP contribution is -2.42. The predicted molar refractivity (Wildman–Crippen MR) is 75.1 cm³/mol. The van der Waals surface area contributed by atoms with Crippen molar-refractivity contribution in [2.24, 2.45) is 0 Å². The second kappa shape index (κ2) is 6.57. The second-order valence-electron chi connectivity index (χ2n) is 5.17. The van der Waals surface area contributed by atoms with Gasteiger partial charge in [-0.3, -0.25) is 0 Å². The van der Waals surface area contributed by atoms with Gasteiger partial charge in [0.25, 0.3) is 0 Å². The fourth-order valence-corrected chi connectivity index (χ4v) is 2.33. The first kappa shape index (κ1) is 13.9. The summed E-state index contributed by atoms with van der Waals surface area (Å²) in [6.45, 7) is 6.35. The molecule has 1 aliphatic heterocycles. The second-order valence-corrected chi connectivity index (χ2v) is 5.17. The van der Waals surface area contributed by atoms with Crippen molar-refractivity contribution in [3.63, 3.8) is 0 Å². The van der Waals surface area contributed by atoms with E-state index in [1.54, 1.807) is 0 Å². The van der Waals surface area contributed by atoms with Gasteiger partial charge in [-0.1, -0.05) is 23.8 Å². The van der Waals surface area contributed by atoms with Gasteiger partial charge in [0, 0.05) is 6.04 Å². The van der Waals surface area contributed by atoms with E-state index in [9.17, 15) is 4.79 Å². The van der Waals surface area contributed by atoms with Gasteiger partial charge in [-0.2, -0.15) is 0 Å². The van der Waals surface area contributed by atoms with Gasteiger partial charge < -0.3 is 15.4 Å². The van der Waals surface area contributed by atoms with Crippen molar-refractivity contribution in [3.05, 3.63) is 34.9 Å². The molecule has 0 unspecified atom stereocenters. The van der Waals surface area contributed by atoms with E-state index in [1.165, 1.54) is 5.56 Å². The zero-order chi connectivity index (χ0) is 13.7. The third kappa shape index (κ3) is 4.24. The molecule has 0 aromatic heterocycles. The zero-order valence-corrected chi connectivity index (χ0v) is 11.7. The summed E-state index contributed by atoms with van der Waals surface area (Å²) in [4.78, 5) is 11.7. The van der Waals surface area contributed by atoms with E-state index in [0.717, 1.165) is 37.1 Å². The molecule has 1 aromatic carbocycles. The van der Waals surface area contributed by atoms with Crippen LogP contribution in [0.3, 0.4) is 0 Å². The van der Waals surface area contributed by atoms with Crippen molar-refractivity contribution in [2.75, 3.05) is 13.1 Å². The Kier molecular flexibility index (Phi) is 4.80. The van der Waals surface area contributed by atoms with Crippen molar-refractivity contribution in [2.45, 2.75) is 39.3 Å². The van der Waals surface area contributed by atoms with Gasteiger partial charge in [-0.25, -0.2) is 4.79 Å². The molecule has 0 saturated carbocycles. The molecule has 0 aliphatic carbocycles. The van der Waals surface area contributed by atoms with Crippen molar-refractivity contribution in [1.82, 2.24) is 10.6 Å². The molecule has 1 heterocycles. The fraction of sp³-hybridized carbons (Fsp3) is 0.533. The number of carbonyl (C=O) groups is 1. The van der Waals surface area contributed by atoms with Gasteiger partial charge in [-0.15, -0.1) is 0 Å². The molecule has 0 bridgehead atoms. The van der Waals surface area contributed by atoms with Crippen molar-refractivity contribution in [1.29, 1.82) is 0 Å². The Morgan fingerprint density at radius 2 is 2.11 bits per heavy atom. The molecule has 4 nitrogen and oxygen atoms in total. The Bertz CT molecular complexity index is 440. The highest BCUT2D eigenvalue weighted by Gasteiger charge is 2.16. The Morgan fingerprint density at radius 1 is 1.37 bits per heavy atom. The Labute approximate surface area is 114 Å². The molecule has 1 aromatic rings. The van der Waals surface area contributed by atoms with Crippen molar-refractivity contribution >= 4 is 6.09 Å². The average Bonchev–Trinajstić information content (AvgIpc) is 2.39. The smallest absolute Gasteiger partial charge is 0.407 e. The van der Waals surface area contributed by atoms with Crippen LogP contribution in [0.2, 0.25) is 0 Å². The highest BCUT2D eigenvalue weighted by atomic mass is 16.5. The topological polar surface area (TPSA) is 50.4 Å². The number of amides is 1. The van der Waals surface area contributed by atoms with E-state index in [1.807, 2.05) is 19.1 Å². The molecule has 1 aliphatic rings. The molecule has 2 rings (SSSR count). The number of hydrogen-bond donors (Lipinski definition) is 2. The summed E-state index contributed by atoms with van der Waals surface area (Å²) in [5.74, 6) is 0. The largest absolute Gasteiger partial charge is 0.445 e. The maximum Gasteiger partial charge on any atom is 0.407 e. The van der Waals surface area contributed by atoms with E-state index in [4.69, 9.17) is 4.74 Å². The van der Waals surface area contributed by atoms with Crippen molar-refractivity contribution < 1.29 is 9.53 Å². The number of ether oxygens (including phenoxy) is 1. The highest BCUT2D eigenvalue weighted by Crippen LogP contribution is 2.12. The molecular formula is C15H22N2O2. The molecule has 0 radical (unpaired) electrons. The third-order valence-corrected chi connectivity index (χ3v) is 3.52. The minimum atomic E-state index is -0.313. The van der Waals surface area contributed by atoms with Gasteiger partial charge in [0.2, 0.25) is 0 Å². The molecule has 2 N–H and O–H groups in total. The summed E-state index contributed by atoms with van der Waals surface area (Å²) in [7, 11) is 0. The van der Waals surface area contributed by atoms with Gasteiger partial charge in [0.05, 0.1) is 0 Å². The highest BCUT2D eigenvalue weighted by molar-refractivity contribution is 5.67. The van der Waals surface area contributed by atoms with Crippen LogP contribution in [0.15, 0.2) is 18.2 Å². The summed E-state index contributed by atoms with van der Waals surface area (Å²) >= 11 is 0. The standard InChI is InChI=1S/C15H22N2O2/c1-11-3-4-13(12(2)9-11)10-19-15(18)17-14-5-7-16-8-6-14/h3-4,9,14,16H,5-8,10H2,1-2H3,(H,17,18). The lowest BCUT2D eigenvalue weighted by Gasteiger charge is -2.23. The Morgan fingerprint density at radius 3 is 2.79 bits per heavy atom. The molecule has 1 fully saturated rings. The van der Waals surface area contributed by atoms with Crippen LogP contribution in [-0.2, 0) is 11.3 Å². The van der Waals surface area contributed by atoms with E-state index >= 15 is 0 Å². The van der Waals surface area contributed by atoms with Crippen LogP contribution in [-0.4, -0.2) is 25.2 Å². The fourth-order valence-electron chi connectivity index (χ4n) is 2.33. The predicted octanol–water partition coefficient (Wildman–Crippen LogP) is 2.28. The average molecular weight is 262 g/mol. The minimum absolute atomic E-state index is 0.243. The SMILES string of the molecule is Cc1ccc(COC(=O)NC2CCNCC2)c(C)c1. The van der Waals surface area contributed by atoms with Crippen LogP contribution in [0.5, 0.6) is 0 Å². The lowest BCUT2D eigenvalue weighted by molar-refractivity contribution is 0.133. The molecule has 1 amide bonds. The van der Waals surface area contributed by atoms with Crippen LogP contribution >= 0.6 is 0 Å². The lowest BCUT2D eigenvalue weighted by atomic mass is 10.1. The van der Waals surface area contributed by atoms with E-state index in [0.29, 0.717) is 6.61 Å². The normalized spacial score (nSPS) is 16.1. The minimum Gasteiger partial charge on any atom is -0.445 e. The molecule has 19 heavy (non-hydrogen) atoms. The number of carbonyl (C=O) groups excluding carboxylic acids is 1. The number of hydrogen-bond acceptors (Lipinski definition) is 3. The van der Waals surface area contributed by atoms with Gasteiger partial charge in [-0.05, 0) is 50.9 Å². The first-order valence-corrected chi connectivity index (χ1v) is 6.85. The van der Waals surface area contributed by atoms with Crippen LogP contribution in [0.25, 0.3) is 0 Å². The van der Waals surface area contributed by atoms with Crippen LogP contribution in [0.1, 0.15) is 29.5 Å². The molecule has 0 spiro atoms. The Balaban J connectivity index is 1.79. The van der Waals surface area contributed by atoms with Crippen LogP contribution in [0, 0.1) is 13.8 Å². The summed E-state index contributed by atoms with van der Waals surface area (Å²) in [5, 5.41) is 6.19. The number of rotatable bonds is 3. The summed E-state index contributed by atoms with van der Waals surface area (Å²) in [6, 6.07) is 6.40. The number of alkyl carbamates (subject to hydrolysis) is 1. The maximum absolute atomic E-state index is 11.7. The van der Waals surface area contributed by atoms with E-state index in [-0.39, 0.29) is 12.1 Å². The summed E-state index contributed by atoms with van der Waals surface area (Å²) in [5.41, 5.74) is 3.45. The maximum atomic E-state index is 11.7. The molecule has 4 heteroatoms. The zero-order valence-electron chi connectivity index (χ0n) is 11.7. The monoisotopic (exact) mass is 262 g/mol. The van der Waals surface area contributed by atoms with Crippen LogP contribution in [0.4, 0.5) is 4.79 Å². The third-order valence-electron chi connectivity index (χ3n) is 3.52. The van der Waals surface area contributed by atoms with Gasteiger partial charge in [0.15, 0.2) is 0 Å². The van der Waals surface area contributed by atoms with E-state index < -0.39 is 0 Å². The van der Waals surface area contributed by atoms with Crippen LogP contribution < -0.4 is 10.6 Å². The van der Waals surface area contributed by atoms with Crippen molar-refractivity contribution in [3.8, 4) is 0 Å². The quantitative estimate of drug-likeness (QED) is 0.878. The van der Waals surface area contributed by atoms with Gasteiger partial charge in [0.1, 0.15) is 6.61 Å². The number of aryl methyl sites for hydroxylation is 2. The van der Waals surface area contributed by atoms with E-state index in [2.05, 4.69) is 23.6 Å². The molecule has 0 atom stereocenters. The number of nitrogens with one attached hydrogen (secondary N) is 2. The first-order chi connectivity index (χ1) is 9.15. The van der Waals surface area contributed by atoms with Gasteiger partial charge >= 0.3 is 6.09 Å². The molecular weight excluding hydrogens is 240 g/mol. The summed E-state index contributed by atoms with van der Waals surface area (Å²) < 4.78 is 5.28.